The maximum absolute atomic E-state index is 13.6. The summed E-state index contributed by atoms with van der Waals surface area (Å²) >= 11 is 0. The number of esters is 1. The summed E-state index contributed by atoms with van der Waals surface area (Å²) < 4.78 is 5.69. The highest BCUT2D eigenvalue weighted by molar-refractivity contribution is 5.92. The van der Waals surface area contributed by atoms with Gasteiger partial charge in [0.15, 0.2) is 0 Å². The number of aliphatic imine (C=N–C) groups is 1. The van der Waals surface area contributed by atoms with Crippen LogP contribution in [0.1, 0.15) is 41.3 Å². The number of guanidine groups is 1. The molecule has 226 valence electrons. The number of hydrogen-bond donors (Lipinski definition) is 4. The van der Waals surface area contributed by atoms with Gasteiger partial charge in [0.2, 0.25) is 5.96 Å². The number of rotatable bonds is 13. The Morgan fingerprint density at radius 1 is 0.886 bits per heavy atom. The second-order valence-corrected chi connectivity index (χ2v) is 10.5. The predicted molar refractivity (Wildman–Crippen MR) is 170 cm³/mol. The Kier molecular flexibility index (Phi) is 11.0. The van der Waals surface area contributed by atoms with Gasteiger partial charge in [-0.05, 0) is 77.9 Å². The molecule has 0 radical (unpaired) electrons. The van der Waals surface area contributed by atoms with Gasteiger partial charge in [-0.2, -0.15) is 0 Å². The minimum absolute atomic E-state index is 0.0260. The standard InChI is InChI=1S/C35H36N4O5/c1-2-24(20-28(33(41)42)19-23-9-5-3-6-10-23)32(40)21-27-15-18-30(22-31(27)25-11-7-4-8-12-25)44-34(43)26-13-16-29(17-14-26)38-35(36)39-37/h3-18,22,24,28H,2,19-21,37H2,1H3,(H,41,42)(H3,36,38,39)/t24?,28-/m1/s1. The van der Waals surface area contributed by atoms with Gasteiger partial charge < -0.3 is 15.6 Å². The van der Waals surface area contributed by atoms with Crippen LogP contribution in [0.3, 0.4) is 0 Å². The second-order valence-electron chi connectivity index (χ2n) is 10.5. The van der Waals surface area contributed by atoms with E-state index in [0.717, 1.165) is 22.3 Å². The van der Waals surface area contributed by atoms with Gasteiger partial charge in [-0.1, -0.05) is 73.7 Å². The highest BCUT2D eigenvalue weighted by atomic mass is 16.5. The van der Waals surface area contributed by atoms with E-state index in [9.17, 15) is 19.5 Å². The Balaban J connectivity index is 1.53. The highest BCUT2D eigenvalue weighted by Crippen LogP contribution is 2.31. The van der Waals surface area contributed by atoms with Gasteiger partial charge in [0.1, 0.15) is 11.5 Å². The number of hydrogen-bond acceptors (Lipinski definition) is 6. The quantitative estimate of drug-likeness (QED) is 0.0398. The Morgan fingerprint density at radius 2 is 1.55 bits per heavy atom. The van der Waals surface area contributed by atoms with Crippen molar-refractivity contribution < 1.29 is 24.2 Å². The molecule has 4 aromatic rings. The Labute approximate surface area is 256 Å². The summed E-state index contributed by atoms with van der Waals surface area (Å²) in [4.78, 5) is 42.7. The van der Waals surface area contributed by atoms with Crippen LogP contribution in [0.4, 0.5) is 5.69 Å². The number of carbonyl (C=O) groups is 3. The number of hydrazine groups is 1. The third kappa shape index (κ3) is 8.62. The fourth-order valence-electron chi connectivity index (χ4n) is 5.04. The maximum Gasteiger partial charge on any atom is 0.343 e. The molecule has 0 aliphatic heterocycles. The van der Waals surface area contributed by atoms with Crippen molar-refractivity contribution >= 4 is 29.4 Å². The molecule has 4 aromatic carbocycles. The number of benzene rings is 4. The highest BCUT2D eigenvalue weighted by Gasteiger charge is 2.27. The van der Waals surface area contributed by atoms with Crippen molar-refractivity contribution in [3.8, 4) is 16.9 Å². The number of nitrogens with zero attached hydrogens (tertiary/aromatic N) is 1. The summed E-state index contributed by atoms with van der Waals surface area (Å²) in [7, 11) is 0. The molecular formula is C35H36N4O5. The summed E-state index contributed by atoms with van der Waals surface area (Å²) in [6, 6.07) is 30.6. The second kappa shape index (κ2) is 15.3. The van der Waals surface area contributed by atoms with Gasteiger partial charge in [-0.25, -0.2) is 15.6 Å². The van der Waals surface area contributed by atoms with E-state index in [2.05, 4.69) is 10.4 Å². The topological polar surface area (TPSA) is 157 Å². The van der Waals surface area contributed by atoms with E-state index < -0.39 is 23.8 Å². The molecule has 0 spiro atoms. The maximum atomic E-state index is 13.6. The number of carbonyl (C=O) groups excluding carboxylic acids is 2. The van der Waals surface area contributed by atoms with Crippen LogP contribution < -0.4 is 21.7 Å². The smallest absolute Gasteiger partial charge is 0.343 e. The first-order valence-corrected chi connectivity index (χ1v) is 14.4. The Morgan fingerprint density at radius 3 is 2.16 bits per heavy atom. The normalized spacial score (nSPS) is 12.6. The number of aliphatic carboxylic acids is 1. The van der Waals surface area contributed by atoms with Crippen LogP contribution in [0.15, 0.2) is 108 Å². The van der Waals surface area contributed by atoms with Crippen LogP contribution in [0.25, 0.3) is 11.1 Å². The van der Waals surface area contributed by atoms with Gasteiger partial charge in [0.05, 0.1) is 17.2 Å². The monoisotopic (exact) mass is 592 g/mol. The molecule has 1 unspecified atom stereocenters. The van der Waals surface area contributed by atoms with Crippen molar-refractivity contribution in [1.82, 2.24) is 5.43 Å². The lowest BCUT2D eigenvalue weighted by atomic mass is 9.83. The van der Waals surface area contributed by atoms with Crippen LogP contribution in [0.2, 0.25) is 0 Å². The number of nitrogens with one attached hydrogen (secondary N) is 1. The first-order chi connectivity index (χ1) is 21.3. The summed E-state index contributed by atoms with van der Waals surface area (Å²) in [5.74, 6) is 3.02. The van der Waals surface area contributed by atoms with E-state index in [1.54, 1.807) is 42.5 Å². The molecule has 9 nitrogen and oxygen atoms in total. The molecule has 0 fully saturated rings. The van der Waals surface area contributed by atoms with Crippen molar-refractivity contribution in [1.29, 1.82) is 0 Å². The van der Waals surface area contributed by atoms with E-state index in [1.807, 2.05) is 67.6 Å². The molecule has 0 bridgehead atoms. The average Bonchev–Trinajstić information content (AvgIpc) is 3.04. The van der Waals surface area contributed by atoms with Crippen LogP contribution >= 0.6 is 0 Å². The molecule has 0 saturated carbocycles. The molecule has 0 heterocycles. The predicted octanol–water partition coefficient (Wildman–Crippen LogP) is 5.45. The SMILES string of the molecule is CCC(C[C@@H](Cc1ccccc1)C(=O)O)C(=O)Cc1ccc(OC(=O)c2ccc(N=C(N)NN)cc2)cc1-c1ccccc1. The molecule has 2 atom stereocenters. The lowest BCUT2D eigenvalue weighted by Crippen LogP contribution is -2.36. The zero-order chi connectivity index (χ0) is 31.5. The van der Waals surface area contributed by atoms with Gasteiger partial charge in [0, 0.05) is 12.3 Å². The summed E-state index contributed by atoms with van der Waals surface area (Å²) in [6.45, 7) is 1.91. The molecule has 44 heavy (non-hydrogen) atoms. The van der Waals surface area contributed by atoms with Crippen LogP contribution in [-0.2, 0) is 22.4 Å². The van der Waals surface area contributed by atoms with Gasteiger partial charge in [-0.15, -0.1) is 0 Å². The van der Waals surface area contributed by atoms with E-state index in [0.29, 0.717) is 29.8 Å². The minimum Gasteiger partial charge on any atom is -0.481 e. The molecular weight excluding hydrogens is 556 g/mol. The summed E-state index contributed by atoms with van der Waals surface area (Å²) in [5.41, 5.74) is 12.0. The van der Waals surface area contributed by atoms with E-state index in [-0.39, 0.29) is 24.6 Å². The molecule has 0 amide bonds. The van der Waals surface area contributed by atoms with E-state index in [1.165, 1.54) is 0 Å². The minimum atomic E-state index is -0.907. The van der Waals surface area contributed by atoms with Crippen LogP contribution in [0.5, 0.6) is 5.75 Å². The molecule has 9 heteroatoms. The Bertz CT molecular complexity index is 1610. The lowest BCUT2D eigenvalue weighted by Gasteiger charge is -2.20. The molecule has 0 aliphatic rings. The van der Waals surface area contributed by atoms with E-state index >= 15 is 0 Å². The number of ketones is 1. The molecule has 4 rings (SSSR count). The number of carboxylic acids is 1. The van der Waals surface area contributed by atoms with Gasteiger partial charge in [-0.3, -0.25) is 15.0 Å². The molecule has 0 saturated heterocycles. The van der Waals surface area contributed by atoms with Crippen molar-refractivity contribution in [2.45, 2.75) is 32.6 Å². The van der Waals surface area contributed by atoms with Crippen LogP contribution in [-0.4, -0.2) is 28.8 Å². The van der Waals surface area contributed by atoms with E-state index in [4.69, 9.17) is 16.3 Å². The van der Waals surface area contributed by atoms with Crippen molar-refractivity contribution in [3.05, 3.63) is 120 Å². The third-order valence-corrected chi connectivity index (χ3v) is 7.43. The van der Waals surface area contributed by atoms with Crippen LogP contribution in [0, 0.1) is 11.8 Å². The summed E-state index contributed by atoms with van der Waals surface area (Å²) in [6.07, 6.45) is 1.28. The first kappa shape index (κ1) is 31.7. The fourth-order valence-corrected chi connectivity index (χ4v) is 5.04. The summed E-state index contributed by atoms with van der Waals surface area (Å²) in [5, 5.41) is 9.92. The van der Waals surface area contributed by atoms with Crippen molar-refractivity contribution in [2.24, 2.45) is 28.4 Å². The van der Waals surface area contributed by atoms with Crippen molar-refractivity contribution in [2.75, 3.05) is 0 Å². The number of carboxylic acid groups (broad SMARTS) is 1. The first-order valence-electron chi connectivity index (χ1n) is 14.4. The molecule has 6 N–H and O–H groups in total. The lowest BCUT2D eigenvalue weighted by molar-refractivity contribution is -0.142. The van der Waals surface area contributed by atoms with Gasteiger partial charge >= 0.3 is 11.9 Å². The van der Waals surface area contributed by atoms with Gasteiger partial charge in [0.25, 0.3) is 0 Å². The third-order valence-electron chi connectivity index (χ3n) is 7.43. The number of Topliss-reactive ketones (excluding diaryl/α,β-unsaturated/α-hetero) is 1. The number of nitrogens with two attached hydrogens (primary N) is 2. The molecule has 0 aliphatic carbocycles. The fraction of sp³-hybridized carbons (Fsp3) is 0.200. The van der Waals surface area contributed by atoms with Crippen molar-refractivity contribution in [3.63, 3.8) is 0 Å². The zero-order valence-electron chi connectivity index (χ0n) is 24.5. The average molecular weight is 593 g/mol. The zero-order valence-corrected chi connectivity index (χ0v) is 24.5. The number of ether oxygens (including phenoxy) is 1. The Hall–Kier alpha value is -5.28. The largest absolute Gasteiger partial charge is 0.481 e. The molecule has 0 aromatic heterocycles.